The van der Waals surface area contributed by atoms with Crippen molar-refractivity contribution in [2.24, 2.45) is 0 Å². The summed E-state index contributed by atoms with van der Waals surface area (Å²) < 4.78 is 10.6. The smallest absolute Gasteiger partial charge is 0.187 e. The first-order valence-corrected chi connectivity index (χ1v) is 7.10. The number of aliphatic hydroxyl groups is 5. The van der Waals surface area contributed by atoms with E-state index >= 15 is 0 Å². The van der Waals surface area contributed by atoms with Crippen LogP contribution in [0.4, 0.5) is 0 Å². The van der Waals surface area contributed by atoms with Gasteiger partial charge in [-0.1, -0.05) is 0 Å². The Morgan fingerprint density at radius 3 is 2.48 bits per heavy atom. The Hall–Kier alpha value is -1.33. The maximum absolute atomic E-state index is 9.87. The Morgan fingerprint density at radius 1 is 1.17 bits per heavy atom. The Kier molecular flexibility index (Phi) is 5.87. The first kappa shape index (κ1) is 18.0. The van der Waals surface area contributed by atoms with Crippen molar-refractivity contribution in [3.05, 3.63) is 23.0 Å². The van der Waals surface area contributed by atoms with Crippen LogP contribution in [0.1, 0.15) is 16.8 Å². The van der Waals surface area contributed by atoms with Gasteiger partial charge in [-0.3, -0.25) is 4.98 Å². The topological polar surface area (TPSA) is 153 Å². The van der Waals surface area contributed by atoms with Crippen molar-refractivity contribution >= 4 is 0 Å². The van der Waals surface area contributed by atoms with Crippen LogP contribution in [-0.2, 0) is 22.7 Å². The summed E-state index contributed by atoms with van der Waals surface area (Å²) in [5, 5.41) is 57.5. The predicted octanol–water partition coefficient (Wildman–Crippen LogP) is -2.10. The van der Waals surface area contributed by atoms with Gasteiger partial charge in [-0.15, -0.1) is 0 Å². The summed E-state index contributed by atoms with van der Waals surface area (Å²) in [6.07, 6.45) is -5.47. The highest BCUT2D eigenvalue weighted by Crippen LogP contribution is 2.26. The minimum atomic E-state index is -1.53. The first-order valence-electron chi connectivity index (χ1n) is 7.10. The molecule has 0 aliphatic carbocycles. The maximum atomic E-state index is 9.87. The second-order valence-corrected chi connectivity index (χ2v) is 5.36. The molecule has 1 aliphatic rings. The van der Waals surface area contributed by atoms with Crippen molar-refractivity contribution in [1.82, 2.24) is 4.98 Å². The highest BCUT2D eigenvalue weighted by atomic mass is 16.7. The van der Waals surface area contributed by atoms with Gasteiger partial charge in [0.15, 0.2) is 6.29 Å². The van der Waals surface area contributed by atoms with Crippen LogP contribution < -0.4 is 0 Å². The molecule has 0 aromatic carbocycles. The van der Waals surface area contributed by atoms with Crippen LogP contribution in [0, 0.1) is 6.92 Å². The molecule has 1 aromatic heterocycles. The minimum Gasteiger partial charge on any atom is -0.506 e. The molecule has 0 amide bonds. The number of aromatic nitrogens is 1. The highest BCUT2D eigenvalue weighted by Gasteiger charge is 2.44. The molecule has 6 N–H and O–H groups in total. The lowest BCUT2D eigenvalue weighted by Gasteiger charge is -2.39. The molecule has 5 atom stereocenters. The minimum absolute atomic E-state index is 0.151. The van der Waals surface area contributed by atoms with Gasteiger partial charge in [-0.05, 0) is 6.92 Å². The van der Waals surface area contributed by atoms with Gasteiger partial charge in [-0.2, -0.15) is 0 Å². The van der Waals surface area contributed by atoms with Gasteiger partial charge in [0.25, 0.3) is 0 Å². The van der Waals surface area contributed by atoms with E-state index in [9.17, 15) is 25.5 Å². The third-order valence-corrected chi connectivity index (χ3v) is 3.84. The Morgan fingerprint density at radius 2 is 1.87 bits per heavy atom. The molecule has 1 aliphatic heterocycles. The van der Waals surface area contributed by atoms with Crippen LogP contribution in [0.15, 0.2) is 6.20 Å². The molecule has 9 heteroatoms. The largest absolute Gasteiger partial charge is 0.506 e. The Labute approximate surface area is 132 Å². The van der Waals surface area contributed by atoms with E-state index in [1.807, 2.05) is 0 Å². The molecule has 0 bridgehead atoms. The van der Waals surface area contributed by atoms with Crippen LogP contribution in [0.3, 0.4) is 0 Å². The van der Waals surface area contributed by atoms with Crippen molar-refractivity contribution in [2.45, 2.75) is 50.8 Å². The van der Waals surface area contributed by atoms with E-state index in [0.29, 0.717) is 11.3 Å². The summed E-state index contributed by atoms with van der Waals surface area (Å²) in [6.45, 7) is 0.429. The fourth-order valence-electron chi connectivity index (χ4n) is 2.36. The molecule has 0 spiro atoms. The Bertz CT molecular complexity index is 538. The normalized spacial score (nSPS) is 31.3. The SMILES string of the molecule is Cc1ncc(CO[C@H]2O[C@H](CO)[C@@H](O)[C@H](O)[C@H]2O)c(CO)c1O. The molecule has 2 heterocycles. The molecule has 0 unspecified atom stereocenters. The second kappa shape index (κ2) is 7.49. The van der Waals surface area contributed by atoms with E-state index in [0.717, 1.165) is 0 Å². The molecule has 0 radical (unpaired) electrons. The van der Waals surface area contributed by atoms with Crippen molar-refractivity contribution < 1.29 is 40.1 Å². The lowest BCUT2D eigenvalue weighted by atomic mass is 9.99. The van der Waals surface area contributed by atoms with Gasteiger partial charge in [0, 0.05) is 17.3 Å². The number of aliphatic hydroxyl groups excluding tert-OH is 5. The van der Waals surface area contributed by atoms with Crippen molar-refractivity contribution in [2.75, 3.05) is 6.61 Å². The van der Waals surface area contributed by atoms with Gasteiger partial charge >= 0.3 is 0 Å². The van der Waals surface area contributed by atoms with Crippen LogP contribution >= 0.6 is 0 Å². The maximum Gasteiger partial charge on any atom is 0.187 e. The zero-order chi connectivity index (χ0) is 17.1. The first-order chi connectivity index (χ1) is 10.9. The summed E-state index contributed by atoms with van der Waals surface area (Å²) >= 11 is 0. The fourth-order valence-corrected chi connectivity index (χ4v) is 2.36. The molecular weight excluding hydrogens is 310 g/mol. The molecule has 1 aromatic rings. The van der Waals surface area contributed by atoms with Crippen LogP contribution in [0.25, 0.3) is 0 Å². The third-order valence-electron chi connectivity index (χ3n) is 3.84. The molecule has 0 saturated carbocycles. The van der Waals surface area contributed by atoms with Crippen molar-refractivity contribution in [3.8, 4) is 5.75 Å². The van der Waals surface area contributed by atoms with E-state index in [2.05, 4.69) is 4.98 Å². The van der Waals surface area contributed by atoms with Gasteiger partial charge < -0.3 is 40.1 Å². The average Bonchev–Trinajstić information content (AvgIpc) is 2.55. The third kappa shape index (κ3) is 3.61. The average molecular weight is 331 g/mol. The predicted molar refractivity (Wildman–Crippen MR) is 75.1 cm³/mol. The zero-order valence-corrected chi connectivity index (χ0v) is 12.5. The van der Waals surface area contributed by atoms with Gasteiger partial charge in [0.1, 0.15) is 30.2 Å². The molecule has 1 saturated heterocycles. The Balaban J connectivity index is 2.10. The number of pyridine rings is 1. The molecule has 2 rings (SSSR count). The number of hydrogen-bond donors (Lipinski definition) is 6. The van der Waals surface area contributed by atoms with Crippen LogP contribution in [0.5, 0.6) is 5.75 Å². The second-order valence-electron chi connectivity index (χ2n) is 5.36. The van der Waals surface area contributed by atoms with E-state index < -0.39 is 43.9 Å². The number of aromatic hydroxyl groups is 1. The summed E-state index contributed by atoms with van der Waals surface area (Å²) in [7, 11) is 0. The van der Waals surface area contributed by atoms with E-state index in [1.54, 1.807) is 6.92 Å². The van der Waals surface area contributed by atoms with Gasteiger partial charge in [0.2, 0.25) is 0 Å². The lowest BCUT2D eigenvalue weighted by Crippen LogP contribution is -2.59. The van der Waals surface area contributed by atoms with Crippen molar-refractivity contribution in [3.63, 3.8) is 0 Å². The molecule has 23 heavy (non-hydrogen) atoms. The monoisotopic (exact) mass is 331 g/mol. The molecule has 1 fully saturated rings. The quantitative estimate of drug-likeness (QED) is 0.356. The van der Waals surface area contributed by atoms with E-state index in [-0.39, 0.29) is 17.9 Å². The van der Waals surface area contributed by atoms with Gasteiger partial charge in [0.05, 0.1) is 25.5 Å². The lowest BCUT2D eigenvalue weighted by molar-refractivity contribution is -0.304. The standard InChI is InChI=1S/C14H21NO8/c1-6-10(18)8(3-16)7(2-15-6)5-22-14-13(21)12(20)11(19)9(4-17)23-14/h2,9,11-14,16-21H,3-5H2,1H3/t9-,11-,12+,13-,14+/m1/s1. The summed E-state index contributed by atoms with van der Waals surface area (Å²) in [5.74, 6) is -0.151. The van der Waals surface area contributed by atoms with Gasteiger partial charge in [-0.25, -0.2) is 0 Å². The molecule has 130 valence electrons. The summed E-state index contributed by atoms with van der Waals surface area (Å²) in [6, 6.07) is 0. The zero-order valence-electron chi connectivity index (χ0n) is 12.5. The number of aryl methyl sites for hydroxylation is 1. The number of hydrogen-bond acceptors (Lipinski definition) is 9. The summed E-state index contributed by atoms with van der Waals surface area (Å²) in [5.41, 5.74) is 0.972. The number of nitrogens with zero attached hydrogens (tertiary/aromatic N) is 1. The van der Waals surface area contributed by atoms with E-state index in [1.165, 1.54) is 6.20 Å². The molecular formula is C14H21NO8. The van der Waals surface area contributed by atoms with Crippen LogP contribution in [0.2, 0.25) is 0 Å². The molecule has 9 nitrogen and oxygen atoms in total. The number of ether oxygens (including phenoxy) is 2. The summed E-state index contributed by atoms with van der Waals surface area (Å²) in [4.78, 5) is 3.95. The number of rotatable bonds is 5. The van der Waals surface area contributed by atoms with Crippen molar-refractivity contribution in [1.29, 1.82) is 0 Å². The van der Waals surface area contributed by atoms with E-state index in [4.69, 9.17) is 14.6 Å². The van der Waals surface area contributed by atoms with Crippen LogP contribution in [-0.4, -0.2) is 72.9 Å². The highest BCUT2D eigenvalue weighted by molar-refractivity contribution is 5.39. The fraction of sp³-hybridized carbons (Fsp3) is 0.643.